The molecule has 1 aromatic rings. The lowest BCUT2D eigenvalue weighted by Gasteiger charge is -2.29. The van der Waals surface area contributed by atoms with Gasteiger partial charge in [0.2, 0.25) is 0 Å². The summed E-state index contributed by atoms with van der Waals surface area (Å²) in [5.41, 5.74) is 0.632. The number of halogens is 3. The highest BCUT2D eigenvalue weighted by Gasteiger charge is 2.29. The maximum absolute atomic E-state index is 13.8. The van der Waals surface area contributed by atoms with Gasteiger partial charge in [-0.3, -0.25) is 0 Å². The van der Waals surface area contributed by atoms with E-state index in [1.807, 2.05) is 20.8 Å². The van der Waals surface area contributed by atoms with Crippen molar-refractivity contribution < 1.29 is 8.78 Å². The van der Waals surface area contributed by atoms with Crippen molar-refractivity contribution in [2.45, 2.75) is 38.9 Å². The Kier molecular flexibility index (Phi) is 4.11. The smallest absolute Gasteiger partial charge is 0.128 e. The molecule has 0 radical (unpaired) electrons. The first-order valence-corrected chi connectivity index (χ1v) is 6.30. The van der Waals surface area contributed by atoms with Gasteiger partial charge in [0, 0.05) is 10.4 Å². The minimum absolute atomic E-state index is 0.109. The predicted molar refractivity (Wildman–Crippen MR) is 66.8 cm³/mol. The molecule has 0 aliphatic heterocycles. The third-order valence-corrected chi connectivity index (χ3v) is 4.88. The first-order valence-electron chi connectivity index (χ1n) is 5.39. The fourth-order valence-corrected chi connectivity index (χ4v) is 2.13. The lowest BCUT2D eigenvalue weighted by atomic mass is 9.83. The fraction of sp³-hybridized carbons (Fsp3) is 0.538. The van der Waals surface area contributed by atoms with Gasteiger partial charge in [-0.05, 0) is 36.5 Å². The number of hydrogen-bond acceptors (Lipinski definition) is 0. The van der Waals surface area contributed by atoms with Crippen LogP contribution in [0.4, 0.5) is 8.78 Å². The van der Waals surface area contributed by atoms with E-state index in [9.17, 15) is 8.78 Å². The second-order valence-corrected chi connectivity index (χ2v) is 5.74. The molecule has 0 spiro atoms. The van der Waals surface area contributed by atoms with Crippen LogP contribution in [0.15, 0.2) is 12.1 Å². The molecule has 0 fully saturated rings. The van der Waals surface area contributed by atoms with Crippen molar-refractivity contribution in [3.63, 3.8) is 0 Å². The van der Waals surface area contributed by atoms with Crippen molar-refractivity contribution in [3.05, 3.63) is 34.9 Å². The van der Waals surface area contributed by atoms with E-state index < -0.39 is 0 Å². The number of alkyl halides is 1. The standard InChI is InChI=1S/C13H17BrF2/c1-5-13(3,4)12(14)9-7-10(15)8(2)6-11(9)16/h6-7,12H,5H2,1-4H3. The monoisotopic (exact) mass is 290 g/mol. The Bertz CT molecular complexity index is 386. The molecule has 0 saturated heterocycles. The minimum atomic E-state index is -0.354. The van der Waals surface area contributed by atoms with Crippen LogP contribution in [0.1, 0.15) is 43.1 Å². The highest BCUT2D eigenvalue weighted by Crippen LogP contribution is 2.44. The van der Waals surface area contributed by atoms with Gasteiger partial charge in [-0.1, -0.05) is 36.7 Å². The SMILES string of the molecule is CCC(C)(C)C(Br)c1cc(F)c(C)cc1F. The third kappa shape index (κ3) is 2.62. The molecule has 0 saturated carbocycles. The molecule has 1 rings (SSSR count). The first-order chi connectivity index (χ1) is 7.29. The van der Waals surface area contributed by atoms with Crippen LogP contribution in [0.3, 0.4) is 0 Å². The number of benzene rings is 1. The predicted octanol–water partition coefficient (Wildman–Crippen LogP) is 5.15. The Morgan fingerprint density at radius 1 is 1.25 bits per heavy atom. The summed E-state index contributed by atoms with van der Waals surface area (Å²) in [6.07, 6.45) is 0.887. The van der Waals surface area contributed by atoms with Crippen LogP contribution >= 0.6 is 15.9 Å². The molecule has 0 aliphatic carbocycles. The van der Waals surface area contributed by atoms with Crippen molar-refractivity contribution in [3.8, 4) is 0 Å². The van der Waals surface area contributed by atoms with E-state index in [1.165, 1.54) is 12.1 Å². The molecule has 1 atom stereocenters. The number of hydrogen-bond donors (Lipinski definition) is 0. The maximum atomic E-state index is 13.8. The van der Waals surface area contributed by atoms with E-state index >= 15 is 0 Å². The van der Waals surface area contributed by atoms with Crippen LogP contribution in [0.25, 0.3) is 0 Å². The highest BCUT2D eigenvalue weighted by molar-refractivity contribution is 9.09. The lowest BCUT2D eigenvalue weighted by Crippen LogP contribution is -2.18. The average Bonchev–Trinajstić information content (AvgIpc) is 2.22. The molecular formula is C13H17BrF2. The second-order valence-electron chi connectivity index (χ2n) is 4.83. The van der Waals surface area contributed by atoms with E-state index in [4.69, 9.17) is 0 Å². The van der Waals surface area contributed by atoms with Crippen molar-refractivity contribution in [1.82, 2.24) is 0 Å². The van der Waals surface area contributed by atoms with Crippen molar-refractivity contribution >= 4 is 15.9 Å². The van der Waals surface area contributed by atoms with Gasteiger partial charge >= 0.3 is 0 Å². The van der Waals surface area contributed by atoms with Gasteiger partial charge in [-0.15, -0.1) is 0 Å². The molecule has 0 heterocycles. The normalized spacial score (nSPS) is 13.9. The Labute approximate surface area is 104 Å². The van der Waals surface area contributed by atoms with Gasteiger partial charge in [0.1, 0.15) is 11.6 Å². The summed E-state index contributed by atoms with van der Waals surface area (Å²) in [5, 5.41) is 0. The summed E-state index contributed by atoms with van der Waals surface area (Å²) in [6, 6.07) is 2.55. The first kappa shape index (κ1) is 13.6. The van der Waals surface area contributed by atoms with Crippen LogP contribution in [0, 0.1) is 24.0 Å². The summed E-state index contributed by atoms with van der Waals surface area (Å²) in [6.45, 7) is 7.67. The van der Waals surface area contributed by atoms with Crippen LogP contribution in [-0.4, -0.2) is 0 Å². The van der Waals surface area contributed by atoms with E-state index in [2.05, 4.69) is 15.9 Å². The van der Waals surface area contributed by atoms with Crippen LogP contribution < -0.4 is 0 Å². The summed E-state index contributed by atoms with van der Waals surface area (Å²) in [5.74, 6) is -0.699. The number of aryl methyl sites for hydroxylation is 1. The molecule has 0 aliphatic rings. The number of rotatable bonds is 3. The zero-order chi connectivity index (χ0) is 12.5. The summed E-state index contributed by atoms with van der Waals surface area (Å²) in [7, 11) is 0. The zero-order valence-corrected chi connectivity index (χ0v) is 11.7. The van der Waals surface area contributed by atoms with Crippen molar-refractivity contribution in [2.75, 3.05) is 0 Å². The van der Waals surface area contributed by atoms with Gasteiger partial charge in [-0.2, -0.15) is 0 Å². The molecule has 90 valence electrons. The quantitative estimate of drug-likeness (QED) is 0.676. The summed E-state index contributed by atoms with van der Waals surface area (Å²) in [4.78, 5) is -0.180. The molecule has 0 bridgehead atoms. The Morgan fingerprint density at radius 3 is 2.31 bits per heavy atom. The van der Waals surface area contributed by atoms with E-state index in [0.29, 0.717) is 11.1 Å². The van der Waals surface area contributed by atoms with Gasteiger partial charge in [0.05, 0.1) is 0 Å². The van der Waals surface area contributed by atoms with Gasteiger partial charge in [0.25, 0.3) is 0 Å². The zero-order valence-electron chi connectivity index (χ0n) is 10.1. The van der Waals surface area contributed by atoms with Crippen molar-refractivity contribution in [2.24, 2.45) is 5.41 Å². The Hall–Kier alpha value is -0.440. The third-order valence-electron chi connectivity index (χ3n) is 3.15. The molecule has 0 nitrogen and oxygen atoms in total. The molecular weight excluding hydrogens is 274 g/mol. The van der Waals surface area contributed by atoms with Crippen molar-refractivity contribution in [1.29, 1.82) is 0 Å². The van der Waals surface area contributed by atoms with Gasteiger partial charge in [-0.25, -0.2) is 8.78 Å². The molecule has 1 unspecified atom stereocenters. The molecule has 1 aromatic carbocycles. The van der Waals surface area contributed by atoms with E-state index in [0.717, 1.165) is 6.42 Å². The Balaban J connectivity index is 3.19. The lowest BCUT2D eigenvalue weighted by molar-refractivity contribution is 0.339. The van der Waals surface area contributed by atoms with Gasteiger partial charge < -0.3 is 0 Å². The largest absolute Gasteiger partial charge is 0.207 e. The van der Waals surface area contributed by atoms with Crippen LogP contribution in [0.5, 0.6) is 0 Å². The van der Waals surface area contributed by atoms with E-state index in [1.54, 1.807) is 6.92 Å². The van der Waals surface area contributed by atoms with E-state index in [-0.39, 0.29) is 21.9 Å². The second kappa shape index (κ2) is 4.82. The topological polar surface area (TPSA) is 0 Å². The molecule has 16 heavy (non-hydrogen) atoms. The maximum Gasteiger partial charge on any atom is 0.128 e. The van der Waals surface area contributed by atoms with Gasteiger partial charge in [0.15, 0.2) is 0 Å². The molecule has 0 aromatic heterocycles. The molecule has 0 N–H and O–H groups in total. The van der Waals surface area contributed by atoms with Crippen LogP contribution in [-0.2, 0) is 0 Å². The molecule has 3 heteroatoms. The fourth-order valence-electron chi connectivity index (χ4n) is 1.46. The average molecular weight is 291 g/mol. The summed E-state index contributed by atoms with van der Waals surface area (Å²) < 4.78 is 27.2. The Morgan fingerprint density at radius 2 is 1.81 bits per heavy atom. The summed E-state index contributed by atoms with van der Waals surface area (Å²) >= 11 is 3.47. The minimum Gasteiger partial charge on any atom is -0.207 e. The van der Waals surface area contributed by atoms with Crippen LogP contribution in [0.2, 0.25) is 0 Å². The molecule has 0 amide bonds. The highest BCUT2D eigenvalue weighted by atomic mass is 79.9.